The zero-order valence-electron chi connectivity index (χ0n) is 39.5. The van der Waals surface area contributed by atoms with Crippen molar-refractivity contribution in [3.63, 3.8) is 0 Å². The fourth-order valence-electron chi connectivity index (χ4n) is 5.60. The summed E-state index contributed by atoms with van der Waals surface area (Å²) in [5, 5.41) is 0. The van der Waals surface area contributed by atoms with Crippen molar-refractivity contribution in [2.75, 3.05) is 13.2 Å². The van der Waals surface area contributed by atoms with Crippen LogP contribution in [-0.4, -0.2) is 37.2 Å². The van der Waals surface area contributed by atoms with Crippen LogP contribution >= 0.6 is 0 Å². The van der Waals surface area contributed by atoms with Crippen molar-refractivity contribution in [3.8, 4) is 0 Å². The molecule has 0 saturated carbocycles. The first kappa shape index (κ1) is 58.0. The number of ether oxygens (including phenoxy) is 3. The van der Waals surface area contributed by atoms with Crippen molar-refractivity contribution in [2.24, 2.45) is 0 Å². The molecule has 0 aromatic carbocycles. The molecule has 6 heteroatoms. The van der Waals surface area contributed by atoms with Gasteiger partial charge in [0.15, 0.2) is 6.10 Å². The minimum absolute atomic E-state index is 0.147. The summed E-state index contributed by atoms with van der Waals surface area (Å²) in [6.07, 6.45) is 72.4. The highest BCUT2D eigenvalue weighted by atomic mass is 16.6. The number of allylic oxidation sites excluding steroid dienone is 26. The first-order chi connectivity index (χ1) is 31.0. The van der Waals surface area contributed by atoms with Gasteiger partial charge in [0.25, 0.3) is 0 Å². The molecular formula is C57H84O6. The second-order valence-electron chi connectivity index (χ2n) is 15.0. The maximum absolute atomic E-state index is 12.7. The van der Waals surface area contributed by atoms with Crippen molar-refractivity contribution >= 4 is 17.9 Å². The molecule has 0 aromatic heterocycles. The summed E-state index contributed by atoms with van der Waals surface area (Å²) in [6, 6.07) is 0. The molecule has 348 valence electrons. The number of rotatable bonds is 40. The zero-order chi connectivity index (χ0) is 45.8. The lowest BCUT2D eigenvalue weighted by Gasteiger charge is -2.18. The van der Waals surface area contributed by atoms with Crippen molar-refractivity contribution in [2.45, 2.75) is 168 Å². The smallest absolute Gasteiger partial charge is 0.306 e. The number of hydrogen-bond acceptors (Lipinski definition) is 6. The molecule has 63 heavy (non-hydrogen) atoms. The molecular weight excluding hydrogens is 781 g/mol. The molecule has 0 aliphatic carbocycles. The van der Waals surface area contributed by atoms with E-state index in [0.29, 0.717) is 19.3 Å². The van der Waals surface area contributed by atoms with Crippen LogP contribution in [0.2, 0.25) is 0 Å². The van der Waals surface area contributed by atoms with E-state index in [1.165, 1.54) is 25.7 Å². The molecule has 1 atom stereocenters. The van der Waals surface area contributed by atoms with Gasteiger partial charge in [-0.05, 0) is 103 Å². The molecule has 6 nitrogen and oxygen atoms in total. The van der Waals surface area contributed by atoms with Gasteiger partial charge < -0.3 is 14.2 Å². The summed E-state index contributed by atoms with van der Waals surface area (Å²) < 4.78 is 16.6. The number of hydrogen-bond donors (Lipinski definition) is 0. The minimum Gasteiger partial charge on any atom is -0.462 e. The zero-order valence-corrected chi connectivity index (χ0v) is 39.5. The Kier molecular flexibility index (Phi) is 45.8. The van der Waals surface area contributed by atoms with E-state index in [9.17, 15) is 14.4 Å². The van der Waals surface area contributed by atoms with E-state index in [-0.39, 0.29) is 44.4 Å². The summed E-state index contributed by atoms with van der Waals surface area (Å²) in [7, 11) is 0. The summed E-state index contributed by atoms with van der Waals surface area (Å²) in [5.74, 6) is -1.12. The monoisotopic (exact) mass is 865 g/mol. The van der Waals surface area contributed by atoms with Crippen LogP contribution in [0.3, 0.4) is 0 Å². The van der Waals surface area contributed by atoms with E-state index in [4.69, 9.17) is 14.2 Å². The van der Waals surface area contributed by atoms with Gasteiger partial charge in [-0.25, -0.2) is 0 Å². The van der Waals surface area contributed by atoms with Gasteiger partial charge >= 0.3 is 17.9 Å². The highest BCUT2D eigenvalue weighted by molar-refractivity contribution is 5.71. The Morgan fingerprint density at radius 1 is 0.349 bits per heavy atom. The van der Waals surface area contributed by atoms with E-state index in [1.807, 2.05) is 60.8 Å². The van der Waals surface area contributed by atoms with Crippen molar-refractivity contribution < 1.29 is 28.6 Å². The van der Waals surface area contributed by atoms with Crippen LogP contribution in [0.1, 0.15) is 162 Å². The van der Waals surface area contributed by atoms with Crippen LogP contribution in [0.15, 0.2) is 158 Å². The molecule has 0 spiro atoms. The van der Waals surface area contributed by atoms with Gasteiger partial charge in [0.1, 0.15) is 13.2 Å². The van der Waals surface area contributed by atoms with E-state index >= 15 is 0 Å². The van der Waals surface area contributed by atoms with E-state index < -0.39 is 12.1 Å². The number of unbranched alkanes of at least 4 members (excludes halogenated alkanes) is 8. The van der Waals surface area contributed by atoms with Gasteiger partial charge in [-0.3, -0.25) is 14.4 Å². The minimum atomic E-state index is -0.852. The summed E-state index contributed by atoms with van der Waals surface area (Å²) in [4.78, 5) is 37.8. The second kappa shape index (κ2) is 49.7. The lowest BCUT2D eigenvalue weighted by molar-refractivity contribution is -0.167. The number of carbonyl (C=O) groups is 3. The summed E-state index contributed by atoms with van der Waals surface area (Å²) in [6.45, 7) is 6.17. The van der Waals surface area contributed by atoms with Gasteiger partial charge in [-0.15, -0.1) is 0 Å². The molecule has 0 aliphatic heterocycles. The normalized spacial score (nSPS) is 13.5. The first-order valence-electron chi connectivity index (χ1n) is 24.1. The van der Waals surface area contributed by atoms with Gasteiger partial charge in [0, 0.05) is 19.3 Å². The van der Waals surface area contributed by atoms with Gasteiger partial charge in [0.05, 0.1) is 0 Å². The van der Waals surface area contributed by atoms with E-state index in [1.54, 1.807) is 0 Å². The number of carbonyl (C=O) groups excluding carboxylic acids is 3. The summed E-state index contributed by atoms with van der Waals surface area (Å²) >= 11 is 0. The Morgan fingerprint density at radius 3 is 1.19 bits per heavy atom. The molecule has 0 heterocycles. The third-order valence-corrected chi connectivity index (χ3v) is 9.16. The van der Waals surface area contributed by atoms with Crippen LogP contribution < -0.4 is 0 Å². The molecule has 0 aliphatic rings. The standard InChI is InChI=1S/C57H84O6/c1-4-7-10-13-16-19-22-24-26-28-30-32-35-38-41-44-47-50-56(59)62-53-54(52-61-55(58)49-46-43-40-37-34-21-18-15-12-9-6-3)63-57(60)51-48-45-42-39-36-33-31-29-27-25-23-20-17-14-11-8-5-2/h7,9-10,12-13,16-22,24-28,30-33,35,37,39-40,42,54H,4-6,8,11,14-15,23,29,34,36,38,41,43-53H2,1-3H3/b10-7-,12-9-,16-13-,20-17-,21-18-,22-19-,26-24-,27-25-,30-28+,33-31-,35-32-,40-37-,42-39-. The van der Waals surface area contributed by atoms with Crippen molar-refractivity contribution in [1.29, 1.82) is 0 Å². The van der Waals surface area contributed by atoms with Crippen LogP contribution in [0, 0.1) is 0 Å². The first-order valence-corrected chi connectivity index (χ1v) is 24.1. The molecule has 0 N–H and O–H groups in total. The van der Waals surface area contributed by atoms with Gasteiger partial charge in [-0.2, -0.15) is 0 Å². The predicted molar refractivity (Wildman–Crippen MR) is 269 cm³/mol. The van der Waals surface area contributed by atoms with Gasteiger partial charge in [0.2, 0.25) is 0 Å². The highest BCUT2D eigenvalue weighted by Gasteiger charge is 2.19. The van der Waals surface area contributed by atoms with E-state index in [2.05, 4.69) is 118 Å². The lowest BCUT2D eigenvalue weighted by Crippen LogP contribution is -2.30. The molecule has 0 rings (SSSR count). The fraction of sp³-hybridized carbons (Fsp3) is 0.491. The predicted octanol–water partition coefficient (Wildman–Crippen LogP) is 15.9. The second-order valence-corrected chi connectivity index (χ2v) is 15.0. The van der Waals surface area contributed by atoms with Crippen LogP contribution in [0.5, 0.6) is 0 Å². The fourth-order valence-corrected chi connectivity index (χ4v) is 5.60. The van der Waals surface area contributed by atoms with E-state index in [0.717, 1.165) is 77.0 Å². The Balaban J connectivity index is 4.66. The Morgan fingerprint density at radius 2 is 0.714 bits per heavy atom. The summed E-state index contributed by atoms with van der Waals surface area (Å²) in [5.41, 5.74) is 0. The Labute approximate surface area is 384 Å². The topological polar surface area (TPSA) is 78.9 Å². The third kappa shape index (κ3) is 47.9. The largest absolute Gasteiger partial charge is 0.462 e. The molecule has 1 unspecified atom stereocenters. The average Bonchev–Trinajstić information content (AvgIpc) is 3.28. The van der Waals surface area contributed by atoms with Gasteiger partial charge in [-0.1, -0.05) is 198 Å². The molecule has 0 radical (unpaired) electrons. The van der Waals surface area contributed by atoms with Crippen molar-refractivity contribution in [1.82, 2.24) is 0 Å². The van der Waals surface area contributed by atoms with Crippen LogP contribution in [0.25, 0.3) is 0 Å². The molecule has 0 bridgehead atoms. The maximum atomic E-state index is 12.7. The molecule has 0 fully saturated rings. The quantitative estimate of drug-likeness (QED) is 0.0201. The SMILES string of the molecule is CC\C=C/C=C\C=C/C=C\C=C\C=C/CCCCCC(=O)OCC(COC(=O)CCC/C=C\C/C=C\C/C=C\CC)OC(=O)CCC/C=C\C/C=C\C/C=C\C/C=C\CCCCC. The van der Waals surface area contributed by atoms with Crippen LogP contribution in [-0.2, 0) is 28.6 Å². The third-order valence-electron chi connectivity index (χ3n) is 9.16. The Bertz CT molecular complexity index is 1510. The molecule has 0 amide bonds. The maximum Gasteiger partial charge on any atom is 0.306 e. The van der Waals surface area contributed by atoms with Crippen molar-refractivity contribution in [3.05, 3.63) is 158 Å². The average molecular weight is 865 g/mol. The molecule has 0 aromatic rings. The highest BCUT2D eigenvalue weighted by Crippen LogP contribution is 2.09. The Hall–Kier alpha value is -4.97. The number of esters is 3. The lowest BCUT2D eigenvalue weighted by atomic mass is 10.1. The van der Waals surface area contributed by atoms with Crippen LogP contribution in [0.4, 0.5) is 0 Å². The molecule has 0 saturated heterocycles.